The normalized spacial score (nSPS) is 14.3. The zero-order chi connectivity index (χ0) is 13.2. The molecule has 0 radical (unpaired) electrons. The van der Waals surface area contributed by atoms with Crippen molar-refractivity contribution in [1.29, 1.82) is 0 Å². The Balaban J connectivity index is 1.89. The fourth-order valence-electron chi connectivity index (χ4n) is 2.54. The molecule has 0 bridgehead atoms. The van der Waals surface area contributed by atoms with Crippen LogP contribution in [-0.4, -0.2) is 13.2 Å². The van der Waals surface area contributed by atoms with Crippen molar-refractivity contribution < 1.29 is 4.74 Å². The highest BCUT2D eigenvalue weighted by molar-refractivity contribution is 7.10. The third-order valence-corrected chi connectivity index (χ3v) is 4.51. The van der Waals surface area contributed by atoms with E-state index in [9.17, 15) is 0 Å². The Morgan fingerprint density at radius 3 is 3.11 bits per heavy atom. The van der Waals surface area contributed by atoms with E-state index in [0.717, 1.165) is 36.6 Å². The zero-order valence-corrected chi connectivity index (χ0v) is 11.9. The van der Waals surface area contributed by atoms with Crippen LogP contribution in [-0.2, 0) is 13.0 Å². The molecular formula is C15H18N2OS. The van der Waals surface area contributed by atoms with Crippen LogP contribution in [0.1, 0.15) is 17.4 Å². The van der Waals surface area contributed by atoms with Crippen molar-refractivity contribution in [2.45, 2.75) is 19.9 Å². The summed E-state index contributed by atoms with van der Waals surface area (Å²) in [5.41, 5.74) is 9.50. The Labute approximate surface area is 117 Å². The summed E-state index contributed by atoms with van der Waals surface area (Å²) in [4.78, 5) is 3.85. The number of ether oxygens (including phenoxy) is 1. The average molecular weight is 274 g/mol. The fraction of sp³-hybridized carbons (Fsp3) is 0.333. The van der Waals surface area contributed by atoms with Crippen LogP contribution < -0.4 is 15.4 Å². The summed E-state index contributed by atoms with van der Waals surface area (Å²) in [5, 5.41) is 2.17. The van der Waals surface area contributed by atoms with Crippen molar-refractivity contribution in [2.24, 2.45) is 0 Å². The monoisotopic (exact) mass is 274 g/mol. The van der Waals surface area contributed by atoms with E-state index in [1.165, 1.54) is 10.4 Å². The van der Waals surface area contributed by atoms with E-state index in [0.29, 0.717) is 6.61 Å². The molecule has 2 aromatic rings. The molecule has 0 amide bonds. The first-order chi connectivity index (χ1) is 9.29. The summed E-state index contributed by atoms with van der Waals surface area (Å²) in [5.74, 6) is 0.788. The molecule has 19 heavy (non-hydrogen) atoms. The number of rotatable bonds is 3. The van der Waals surface area contributed by atoms with Crippen molar-refractivity contribution in [3.63, 3.8) is 0 Å². The van der Waals surface area contributed by atoms with Crippen LogP contribution in [0.25, 0.3) is 0 Å². The molecule has 0 saturated carbocycles. The van der Waals surface area contributed by atoms with Crippen LogP contribution in [0, 0.1) is 0 Å². The lowest BCUT2D eigenvalue weighted by Gasteiger charge is -2.30. The first-order valence-electron chi connectivity index (χ1n) is 6.61. The largest absolute Gasteiger partial charge is 0.492 e. The number of hydrogen-bond donors (Lipinski definition) is 1. The summed E-state index contributed by atoms with van der Waals surface area (Å²) in [6.45, 7) is 4.58. The highest BCUT2D eigenvalue weighted by Gasteiger charge is 2.20. The number of nitrogens with zero attached hydrogens (tertiary/aromatic N) is 1. The predicted octanol–water partition coefficient (Wildman–Crippen LogP) is 3.29. The molecule has 0 spiro atoms. The first kappa shape index (κ1) is 12.4. The second kappa shape index (κ2) is 5.13. The van der Waals surface area contributed by atoms with E-state index in [1.807, 2.05) is 30.4 Å². The maximum atomic E-state index is 6.23. The molecule has 0 saturated heterocycles. The van der Waals surface area contributed by atoms with Crippen LogP contribution in [0.3, 0.4) is 0 Å². The molecule has 0 atom stereocenters. The van der Waals surface area contributed by atoms with Gasteiger partial charge in [-0.2, -0.15) is 0 Å². The topological polar surface area (TPSA) is 38.5 Å². The van der Waals surface area contributed by atoms with Crippen molar-refractivity contribution in [1.82, 2.24) is 0 Å². The van der Waals surface area contributed by atoms with Gasteiger partial charge in [-0.1, -0.05) is 6.07 Å². The zero-order valence-electron chi connectivity index (χ0n) is 11.1. The molecule has 1 aromatic carbocycles. The predicted molar refractivity (Wildman–Crippen MR) is 81.1 cm³/mol. The maximum absolute atomic E-state index is 6.23. The van der Waals surface area contributed by atoms with Crippen molar-refractivity contribution in [3.8, 4) is 5.75 Å². The summed E-state index contributed by atoms with van der Waals surface area (Å²) >= 11 is 1.86. The van der Waals surface area contributed by atoms with Crippen LogP contribution in [0.5, 0.6) is 5.75 Å². The Morgan fingerprint density at radius 2 is 2.26 bits per heavy atom. The van der Waals surface area contributed by atoms with E-state index < -0.39 is 0 Å². The molecule has 2 N–H and O–H groups in total. The lowest BCUT2D eigenvalue weighted by Crippen LogP contribution is -2.30. The Morgan fingerprint density at radius 1 is 1.37 bits per heavy atom. The van der Waals surface area contributed by atoms with Gasteiger partial charge in [-0.15, -0.1) is 11.3 Å². The van der Waals surface area contributed by atoms with E-state index >= 15 is 0 Å². The van der Waals surface area contributed by atoms with Gasteiger partial charge in [0, 0.05) is 18.0 Å². The molecule has 3 rings (SSSR count). The quantitative estimate of drug-likeness (QED) is 0.873. The second-order valence-corrected chi connectivity index (χ2v) is 5.66. The fourth-order valence-corrected chi connectivity index (χ4v) is 3.43. The summed E-state index contributed by atoms with van der Waals surface area (Å²) in [6.07, 6.45) is 1.10. The van der Waals surface area contributed by atoms with Gasteiger partial charge in [0.1, 0.15) is 5.75 Å². The van der Waals surface area contributed by atoms with Crippen LogP contribution in [0.2, 0.25) is 0 Å². The Bertz CT molecular complexity index is 579. The van der Waals surface area contributed by atoms with E-state index in [1.54, 1.807) is 0 Å². The van der Waals surface area contributed by atoms with Crippen LogP contribution >= 0.6 is 11.3 Å². The summed E-state index contributed by atoms with van der Waals surface area (Å²) in [7, 11) is 0. The van der Waals surface area contributed by atoms with Gasteiger partial charge in [-0.25, -0.2) is 0 Å². The number of anilines is 2. The van der Waals surface area contributed by atoms with Gasteiger partial charge < -0.3 is 15.4 Å². The van der Waals surface area contributed by atoms with Gasteiger partial charge in [0.2, 0.25) is 0 Å². The molecule has 0 fully saturated rings. The number of fused-ring (bicyclic) bond motifs is 1. The maximum Gasteiger partial charge on any atom is 0.144 e. The molecule has 0 aliphatic carbocycles. The van der Waals surface area contributed by atoms with Crippen LogP contribution in [0.4, 0.5) is 11.4 Å². The van der Waals surface area contributed by atoms with Gasteiger partial charge in [0.05, 0.1) is 18.0 Å². The molecule has 1 aliphatic heterocycles. The standard InChI is InChI=1S/C15H18N2OS/c1-2-18-13-5-3-4-12(15(13)16)17-8-6-14-11(10-17)7-9-19-14/h3-5,7,9H,2,6,8,10,16H2,1H3. The number of para-hydroxylation sites is 1. The number of nitrogens with two attached hydrogens (primary N) is 1. The van der Waals surface area contributed by atoms with Gasteiger partial charge in [-0.05, 0) is 42.5 Å². The second-order valence-electron chi connectivity index (χ2n) is 4.66. The SMILES string of the molecule is CCOc1cccc(N2CCc3sccc3C2)c1N. The number of thiophene rings is 1. The lowest BCUT2D eigenvalue weighted by atomic mass is 10.1. The van der Waals surface area contributed by atoms with Crippen molar-refractivity contribution >= 4 is 22.7 Å². The van der Waals surface area contributed by atoms with E-state index in [2.05, 4.69) is 22.4 Å². The minimum Gasteiger partial charge on any atom is -0.492 e. The van der Waals surface area contributed by atoms with Gasteiger partial charge in [0.25, 0.3) is 0 Å². The third-order valence-electron chi connectivity index (χ3n) is 3.49. The minimum atomic E-state index is 0.641. The molecule has 100 valence electrons. The Hall–Kier alpha value is -1.68. The van der Waals surface area contributed by atoms with E-state index in [4.69, 9.17) is 10.5 Å². The number of benzene rings is 1. The van der Waals surface area contributed by atoms with Gasteiger partial charge in [0.15, 0.2) is 0 Å². The smallest absolute Gasteiger partial charge is 0.144 e. The highest BCUT2D eigenvalue weighted by Crippen LogP contribution is 2.35. The van der Waals surface area contributed by atoms with Gasteiger partial charge in [-0.3, -0.25) is 0 Å². The van der Waals surface area contributed by atoms with Crippen LogP contribution in [0.15, 0.2) is 29.6 Å². The van der Waals surface area contributed by atoms with Gasteiger partial charge >= 0.3 is 0 Å². The number of nitrogen functional groups attached to an aromatic ring is 1. The number of hydrogen-bond acceptors (Lipinski definition) is 4. The summed E-state index contributed by atoms with van der Waals surface area (Å²) in [6, 6.07) is 8.24. The summed E-state index contributed by atoms with van der Waals surface area (Å²) < 4.78 is 5.57. The molecule has 0 unspecified atom stereocenters. The third kappa shape index (κ3) is 2.28. The minimum absolute atomic E-state index is 0.641. The Kier molecular flexibility index (Phi) is 3.34. The van der Waals surface area contributed by atoms with Crippen molar-refractivity contribution in [3.05, 3.63) is 40.1 Å². The molecular weight excluding hydrogens is 256 g/mol. The molecule has 2 heterocycles. The average Bonchev–Trinajstić information content (AvgIpc) is 2.88. The molecule has 4 heteroatoms. The molecule has 1 aromatic heterocycles. The molecule has 3 nitrogen and oxygen atoms in total. The molecule has 1 aliphatic rings. The first-order valence-corrected chi connectivity index (χ1v) is 7.49. The van der Waals surface area contributed by atoms with E-state index in [-0.39, 0.29) is 0 Å². The van der Waals surface area contributed by atoms with Crippen molar-refractivity contribution in [2.75, 3.05) is 23.8 Å². The highest BCUT2D eigenvalue weighted by atomic mass is 32.1. The lowest BCUT2D eigenvalue weighted by molar-refractivity contribution is 0.342.